The maximum atomic E-state index is 13.9. The molecule has 0 saturated heterocycles. The summed E-state index contributed by atoms with van der Waals surface area (Å²) in [4.78, 5) is 43.8. The summed E-state index contributed by atoms with van der Waals surface area (Å²) in [5.41, 5.74) is 2.67. The van der Waals surface area contributed by atoms with Gasteiger partial charge in [-0.2, -0.15) is 0 Å². The lowest BCUT2D eigenvalue weighted by molar-refractivity contribution is -0.141. The number of esters is 2. The van der Waals surface area contributed by atoms with Crippen LogP contribution in [0.3, 0.4) is 0 Å². The molecule has 0 radical (unpaired) electrons. The molecule has 0 aliphatic carbocycles. The van der Waals surface area contributed by atoms with E-state index >= 15 is 0 Å². The number of ether oxygens (including phenoxy) is 4. The Morgan fingerprint density at radius 1 is 1.05 bits per heavy atom. The highest BCUT2D eigenvalue weighted by Gasteiger charge is 2.34. The van der Waals surface area contributed by atoms with Crippen LogP contribution in [0, 0.1) is 0 Å². The molecule has 0 saturated carbocycles. The average molecular weight is 569 g/mol. The highest BCUT2D eigenvalue weighted by molar-refractivity contribution is 7.07. The summed E-state index contributed by atoms with van der Waals surface area (Å²) < 4.78 is 23.8. The smallest absolute Gasteiger partial charge is 0.338 e. The van der Waals surface area contributed by atoms with Crippen LogP contribution in [0.1, 0.15) is 36.6 Å². The lowest BCUT2D eigenvalue weighted by Crippen LogP contribution is -2.39. The molecular formula is C31H24N2O7S. The Bertz CT molecular complexity index is 1870. The summed E-state index contributed by atoms with van der Waals surface area (Å²) in [5.74, 6) is 0.556. The minimum Gasteiger partial charge on any atom is -0.457 e. The molecule has 0 bridgehead atoms. The summed E-state index contributed by atoms with van der Waals surface area (Å²) >= 11 is 1.22. The predicted octanol–water partition coefficient (Wildman–Crippen LogP) is 3.63. The van der Waals surface area contributed by atoms with Gasteiger partial charge in [0.2, 0.25) is 6.79 Å². The number of rotatable bonds is 6. The van der Waals surface area contributed by atoms with Crippen LogP contribution in [0.2, 0.25) is 0 Å². The second-order valence-electron chi connectivity index (χ2n) is 9.42. The van der Waals surface area contributed by atoms with Gasteiger partial charge >= 0.3 is 11.9 Å². The van der Waals surface area contributed by atoms with Crippen molar-refractivity contribution in [3.05, 3.63) is 120 Å². The lowest BCUT2D eigenvalue weighted by Gasteiger charge is -2.25. The van der Waals surface area contributed by atoms with Gasteiger partial charge in [0.25, 0.3) is 5.56 Å². The van der Waals surface area contributed by atoms with E-state index in [1.165, 1.54) is 22.8 Å². The van der Waals surface area contributed by atoms with Crippen molar-refractivity contribution >= 4 is 29.4 Å². The fourth-order valence-electron chi connectivity index (χ4n) is 4.73. The number of hydrogen-bond acceptors (Lipinski definition) is 9. The van der Waals surface area contributed by atoms with E-state index in [4.69, 9.17) is 18.9 Å². The van der Waals surface area contributed by atoms with Crippen LogP contribution >= 0.6 is 11.3 Å². The molecule has 0 amide bonds. The van der Waals surface area contributed by atoms with Gasteiger partial charge in [-0.25, -0.2) is 9.79 Å². The number of thiazole rings is 1. The van der Waals surface area contributed by atoms with Crippen molar-refractivity contribution in [3.63, 3.8) is 0 Å². The molecule has 3 heterocycles. The number of aromatic nitrogens is 1. The maximum Gasteiger partial charge on any atom is 0.338 e. The normalized spacial score (nSPS) is 15.8. The highest BCUT2D eigenvalue weighted by Crippen LogP contribution is 2.38. The van der Waals surface area contributed by atoms with E-state index in [1.807, 2.05) is 36.4 Å². The molecule has 2 aliphatic rings. The molecular weight excluding hydrogens is 544 g/mol. The van der Waals surface area contributed by atoms with Crippen LogP contribution in [0.25, 0.3) is 6.08 Å². The third-order valence-electron chi connectivity index (χ3n) is 6.61. The summed E-state index contributed by atoms with van der Waals surface area (Å²) in [7, 11) is 0. The molecule has 1 aromatic heterocycles. The second kappa shape index (κ2) is 10.9. The topological polar surface area (TPSA) is 105 Å². The highest BCUT2D eigenvalue weighted by atomic mass is 32.1. The van der Waals surface area contributed by atoms with Gasteiger partial charge in [-0.15, -0.1) is 0 Å². The number of nitrogens with zero attached hydrogens (tertiary/aromatic N) is 2. The molecule has 6 rings (SSSR count). The number of carbonyl (C=O) groups is 2. The van der Waals surface area contributed by atoms with Gasteiger partial charge < -0.3 is 18.9 Å². The van der Waals surface area contributed by atoms with E-state index in [-0.39, 0.29) is 24.5 Å². The van der Waals surface area contributed by atoms with E-state index in [0.29, 0.717) is 37.8 Å². The summed E-state index contributed by atoms with van der Waals surface area (Å²) in [6, 6.07) is 20.8. The molecule has 1 unspecified atom stereocenters. The van der Waals surface area contributed by atoms with Crippen LogP contribution < -0.4 is 29.1 Å². The van der Waals surface area contributed by atoms with Gasteiger partial charge in [-0.1, -0.05) is 59.9 Å². The van der Waals surface area contributed by atoms with E-state index in [9.17, 15) is 14.4 Å². The molecule has 206 valence electrons. The Morgan fingerprint density at radius 2 is 1.80 bits per heavy atom. The Kier molecular flexibility index (Phi) is 6.98. The number of benzene rings is 3. The van der Waals surface area contributed by atoms with Crippen LogP contribution in [0.4, 0.5) is 0 Å². The Morgan fingerprint density at radius 3 is 2.56 bits per heavy atom. The lowest BCUT2D eigenvalue weighted by atomic mass is 9.95. The Balaban J connectivity index is 1.43. The molecule has 41 heavy (non-hydrogen) atoms. The van der Waals surface area contributed by atoms with Gasteiger partial charge in [0.05, 0.1) is 21.8 Å². The van der Waals surface area contributed by atoms with Gasteiger partial charge in [0.1, 0.15) is 12.4 Å². The number of allylic oxidation sites excluding steroid dienone is 1. The molecule has 9 nitrogen and oxygen atoms in total. The molecule has 4 aromatic rings. The summed E-state index contributed by atoms with van der Waals surface area (Å²) in [6.07, 6.45) is 1.74. The van der Waals surface area contributed by atoms with Gasteiger partial charge in [-0.05, 0) is 54.0 Å². The summed E-state index contributed by atoms with van der Waals surface area (Å²) in [6.45, 7) is 3.25. The van der Waals surface area contributed by atoms with E-state index < -0.39 is 18.0 Å². The molecule has 0 fully saturated rings. The number of carbonyl (C=O) groups excluding carboxylic acids is 2. The zero-order valence-corrected chi connectivity index (χ0v) is 23.0. The molecule has 0 spiro atoms. The van der Waals surface area contributed by atoms with Gasteiger partial charge in [0.15, 0.2) is 16.3 Å². The molecule has 3 aromatic carbocycles. The minimum atomic E-state index is -0.794. The third kappa shape index (κ3) is 5.29. The van der Waals surface area contributed by atoms with Crippen molar-refractivity contribution < 1.29 is 28.5 Å². The monoisotopic (exact) mass is 568 g/mol. The van der Waals surface area contributed by atoms with E-state index in [1.54, 1.807) is 49.4 Å². The fraction of sp³-hybridized carbons (Fsp3) is 0.161. The zero-order chi connectivity index (χ0) is 28.5. The van der Waals surface area contributed by atoms with E-state index in [2.05, 4.69) is 4.99 Å². The zero-order valence-electron chi connectivity index (χ0n) is 22.2. The van der Waals surface area contributed by atoms with Crippen LogP contribution in [0.5, 0.6) is 17.2 Å². The third-order valence-corrected chi connectivity index (χ3v) is 7.59. The largest absolute Gasteiger partial charge is 0.457 e. The van der Waals surface area contributed by atoms with Crippen molar-refractivity contribution in [2.45, 2.75) is 26.5 Å². The van der Waals surface area contributed by atoms with Gasteiger partial charge in [-0.3, -0.25) is 14.2 Å². The van der Waals surface area contributed by atoms with Crippen molar-refractivity contribution in [1.29, 1.82) is 0 Å². The molecule has 0 N–H and O–H groups in total. The van der Waals surface area contributed by atoms with Crippen molar-refractivity contribution in [3.8, 4) is 17.2 Å². The Labute approximate surface area is 238 Å². The van der Waals surface area contributed by atoms with E-state index in [0.717, 1.165) is 11.1 Å². The first kappa shape index (κ1) is 26.3. The van der Waals surface area contributed by atoms with Crippen LogP contribution in [0.15, 0.2) is 93.9 Å². The summed E-state index contributed by atoms with van der Waals surface area (Å²) in [5, 5.41) is 0. The van der Waals surface area contributed by atoms with Gasteiger partial charge in [0, 0.05) is 6.92 Å². The first-order valence-electron chi connectivity index (χ1n) is 12.8. The standard InChI is InChI=1S/C31H24N2O7S/c1-18-27(30(36)37-16-21-6-4-3-5-7-21)28(22-10-13-24-25(15-22)39-17-38-24)33-29(35)26(41-31(33)32-18)14-20-8-11-23(12-9-20)40-19(2)34/h3-15,28H,16-17H2,1-2H3/b26-14+. The van der Waals surface area contributed by atoms with Crippen LogP contribution in [-0.2, 0) is 20.9 Å². The molecule has 1 atom stereocenters. The quantitative estimate of drug-likeness (QED) is 0.258. The fourth-order valence-corrected chi connectivity index (χ4v) is 5.78. The molecule has 2 aliphatic heterocycles. The van der Waals surface area contributed by atoms with Crippen molar-refractivity contribution in [2.75, 3.05) is 6.79 Å². The minimum absolute atomic E-state index is 0.0814. The van der Waals surface area contributed by atoms with Crippen molar-refractivity contribution in [1.82, 2.24) is 4.57 Å². The predicted molar refractivity (Wildman–Crippen MR) is 150 cm³/mol. The maximum absolute atomic E-state index is 13.9. The first-order valence-corrected chi connectivity index (χ1v) is 13.6. The molecule has 10 heteroatoms. The second-order valence-corrected chi connectivity index (χ2v) is 10.4. The average Bonchev–Trinajstić information content (AvgIpc) is 3.56. The first-order chi connectivity index (χ1) is 19.9. The van der Waals surface area contributed by atoms with Crippen LogP contribution in [-0.4, -0.2) is 23.3 Å². The number of hydrogen-bond donors (Lipinski definition) is 0. The van der Waals surface area contributed by atoms with Crippen molar-refractivity contribution in [2.24, 2.45) is 4.99 Å². The SMILES string of the molecule is CC(=O)Oc1ccc(/C=c2/sc3n(c2=O)C(c2ccc4c(c2)OCO4)C(C(=O)OCc2ccccc2)=C(C)N=3)cc1. The number of fused-ring (bicyclic) bond motifs is 2. The Hall–Kier alpha value is -4.96.